The smallest absolute Gasteiger partial charge is 0.205 e. The van der Waals surface area contributed by atoms with Gasteiger partial charge in [-0.1, -0.05) is 22.9 Å². The zero-order chi connectivity index (χ0) is 14.1. The number of halogens is 2. The van der Waals surface area contributed by atoms with Gasteiger partial charge >= 0.3 is 0 Å². The summed E-state index contributed by atoms with van der Waals surface area (Å²) >= 11 is 7.38. The number of nitrogens with zero attached hydrogens (tertiary/aromatic N) is 3. The van der Waals surface area contributed by atoms with Crippen LogP contribution in [0.5, 0.6) is 0 Å². The van der Waals surface area contributed by atoms with Crippen molar-refractivity contribution in [3.05, 3.63) is 34.0 Å². The first-order valence-corrected chi connectivity index (χ1v) is 7.58. The van der Waals surface area contributed by atoms with E-state index in [0.717, 1.165) is 35.3 Å². The number of nitrogens with one attached hydrogen (secondary N) is 1. The molecule has 0 amide bonds. The summed E-state index contributed by atoms with van der Waals surface area (Å²) in [6, 6.07) is 5.17. The normalized spacial score (nSPS) is 18.6. The summed E-state index contributed by atoms with van der Waals surface area (Å²) in [5.41, 5.74) is 0.953. The highest BCUT2D eigenvalue weighted by Gasteiger charge is 2.23. The second kappa shape index (κ2) is 5.54. The van der Waals surface area contributed by atoms with Crippen LogP contribution in [-0.4, -0.2) is 29.3 Å². The highest BCUT2D eigenvalue weighted by Crippen LogP contribution is 2.27. The van der Waals surface area contributed by atoms with E-state index in [1.54, 1.807) is 23.5 Å². The van der Waals surface area contributed by atoms with E-state index < -0.39 is 0 Å². The first kappa shape index (κ1) is 13.6. The molecule has 1 saturated heterocycles. The quantitative estimate of drug-likeness (QED) is 0.944. The Morgan fingerprint density at radius 2 is 2.30 bits per heavy atom. The lowest BCUT2D eigenvalue weighted by atomic mass is 10.3. The highest BCUT2D eigenvalue weighted by molar-refractivity contribution is 7.15. The van der Waals surface area contributed by atoms with E-state index in [4.69, 9.17) is 11.6 Å². The van der Waals surface area contributed by atoms with Gasteiger partial charge in [0.25, 0.3) is 0 Å². The van der Waals surface area contributed by atoms with E-state index in [9.17, 15) is 4.39 Å². The van der Waals surface area contributed by atoms with Crippen molar-refractivity contribution in [1.29, 1.82) is 0 Å². The van der Waals surface area contributed by atoms with Crippen LogP contribution in [0.4, 0.5) is 15.2 Å². The molecule has 20 heavy (non-hydrogen) atoms. The Labute approximate surface area is 125 Å². The minimum absolute atomic E-state index is 0.165. The second-order valence-corrected chi connectivity index (χ2v) is 6.39. The van der Waals surface area contributed by atoms with Crippen LogP contribution < -0.4 is 10.2 Å². The van der Waals surface area contributed by atoms with Gasteiger partial charge in [-0.15, -0.1) is 10.2 Å². The highest BCUT2D eigenvalue weighted by atomic mass is 35.5. The molecule has 1 aliphatic rings. The van der Waals surface area contributed by atoms with Gasteiger partial charge in [0.1, 0.15) is 10.8 Å². The van der Waals surface area contributed by atoms with Crippen molar-refractivity contribution in [1.82, 2.24) is 10.2 Å². The molecular weight excluding hydrogens is 299 g/mol. The van der Waals surface area contributed by atoms with E-state index in [1.807, 2.05) is 6.92 Å². The molecule has 0 spiro atoms. The zero-order valence-corrected chi connectivity index (χ0v) is 12.5. The number of anilines is 2. The van der Waals surface area contributed by atoms with E-state index in [2.05, 4.69) is 20.4 Å². The maximum Gasteiger partial charge on any atom is 0.205 e. The Hall–Kier alpha value is -1.40. The van der Waals surface area contributed by atoms with E-state index in [-0.39, 0.29) is 10.8 Å². The van der Waals surface area contributed by atoms with Crippen molar-refractivity contribution in [3.8, 4) is 0 Å². The van der Waals surface area contributed by atoms with Crippen molar-refractivity contribution in [3.63, 3.8) is 0 Å². The monoisotopic (exact) mass is 312 g/mol. The van der Waals surface area contributed by atoms with Crippen LogP contribution in [0.3, 0.4) is 0 Å². The van der Waals surface area contributed by atoms with Crippen LogP contribution in [-0.2, 0) is 0 Å². The number of aryl methyl sites for hydroxylation is 1. The van der Waals surface area contributed by atoms with Crippen molar-refractivity contribution in [2.45, 2.75) is 19.4 Å². The summed E-state index contributed by atoms with van der Waals surface area (Å²) in [6.07, 6.45) is 1.01. The van der Waals surface area contributed by atoms with Crippen LogP contribution >= 0.6 is 22.9 Å². The van der Waals surface area contributed by atoms with E-state index in [0.29, 0.717) is 6.04 Å². The Morgan fingerprint density at radius 1 is 1.45 bits per heavy atom. The van der Waals surface area contributed by atoms with E-state index in [1.165, 1.54) is 6.07 Å². The van der Waals surface area contributed by atoms with Gasteiger partial charge in [0, 0.05) is 24.8 Å². The standard InChI is InChI=1S/C13H14ClFN4S/c1-8-17-18-13(20-8)16-9-4-5-19(7-9)10-2-3-12(15)11(14)6-10/h2-3,6,9H,4-5,7H2,1H3,(H,16,18). The fourth-order valence-electron chi connectivity index (χ4n) is 2.32. The third-order valence-corrected chi connectivity index (χ3v) is 4.37. The molecule has 0 aliphatic carbocycles. The van der Waals surface area contributed by atoms with Crippen molar-refractivity contribution >= 4 is 33.8 Å². The predicted octanol–water partition coefficient (Wildman–Crippen LogP) is 3.33. The number of benzene rings is 1. The Bertz CT molecular complexity index is 618. The lowest BCUT2D eigenvalue weighted by molar-refractivity contribution is 0.628. The fraction of sp³-hybridized carbons (Fsp3) is 0.385. The van der Waals surface area contributed by atoms with Crippen LogP contribution in [0.2, 0.25) is 5.02 Å². The number of hydrogen-bond acceptors (Lipinski definition) is 5. The Morgan fingerprint density at radius 3 is 3.00 bits per heavy atom. The molecule has 0 saturated carbocycles. The number of aromatic nitrogens is 2. The molecule has 4 nitrogen and oxygen atoms in total. The molecular formula is C13H14ClFN4S. The molecule has 1 aromatic heterocycles. The van der Waals surface area contributed by atoms with Gasteiger partial charge in [-0.2, -0.15) is 0 Å². The molecule has 1 aromatic carbocycles. The van der Waals surface area contributed by atoms with Crippen molar-refractivity contribution in [2.24, 2.45) is 0 Å². The summed E-state index contributed by atoms with van der Waals surface area (Å²) in [5, 5.41) is 13.4. The molecule has 2 aromatic rings. The summed E-state index contributed by atoms with van der Waals surface area (Å²) in [4.78, 5) is 2.19. The summed E-state index contributed by atoms with van der Waals surface area (Å²) in [7, 11) is 0. The fourth-order valence-corrected chi connectivity index (χ4v) is 3.17. The van der Waals surface area contributed by atoms with Crippen LogP contribution in [0.15, 0.2) is 18.2 Å². The average Bonchev–Trinajstić information content (AvgIpc) is 3.03. The molecule has 1 N–H and O–H groups in total. The first-order valence-electron chi connectivity index (χ1n) is 6.38. The van der Waals surface area contributed by atoms with Gasteiger partial charge in [0.05, 0.1) is 5.02 Å². The Kier molecular flexibility index (Phi) is 3.76. The lowest BCUT2D eigenvalue weighted by Crippen LogP contribution is -2.25. The van der Waals surface area contributed by atoms with Gasteiger partial charge in [0.15, 0.2) is 0 Å². The number of rotatable bonds is 3. The largest absolute Gasteiger partial charge is 0.369 e. The second-order valence-electron chi connectivity index (χ2n) is 4.80. The molecule has 106 valence electrons. The van der Waals surface area contributed by atoms with Crippen LogP contribution in [0, 0.1) is 12.7 Å². The topological polar surface area (TPSA) is 41.1 Å². The molecule has 3 rings (SSSR count). The first-order chi connectivity index (χ1) is 9.61. The van der Waals surface area contributed by atoms with Gasteiger partial charge in [-0.3, -0.25) is 0 Å². The van der Waals surface area contributed by atoms with Gasteiger partial charge in [-0.05, 0) is 31.5 Å². The van der Waals surface area contributed by atoms with Gasteiger partial charge in [-0.25, -0.2) is 4.39 Å². The average molecular weight is 313 g/mol. The molecule has 2 heterocycles. The minimum Gasteiger partial charge on any atom is -0.369 e. The molecule has 1 atom stereocenters. The molecule has 1 unspecified atom stereocenters. The van der Waals surface area contributed by atoms with Crippen molar-refractivity contribution in [2.75, 3.05) is 23.3 Å². The van der Waals surface area contributed by atoms with Crippen LogP contribution in [0.25, 0.3) is 0 Å². The third-order valence-electron chi connectivity index (χ3n) is 3.31. The van der Waals surface area contributed by atoms with Gasteiger partial charge in [0.2, 0.25) is 5.13 Å². The number of hydrogen-bond donors (Lipinski definition) is 1. The summed E-state index contributed by atoms with van der Waals surface area (Å²) in [5.74, 6) is -0.381. The molecule has 0 bridgehead atoms. The maximum atomic E-state index is 13.2. The molecule has 0 radical (unpaired) electrons. The minimum atomic E-state index is -0.381. The van der Waals surface area contributed by atoms with Gasteiger partial charge < -0.3 is 10.2 Å². The zero-order valence-electron chi connectivity index (χ0n) is 10.9. The SMILES string of the molecule is Cc1nnc(NC2CCN(c3ccc(F)c(Cl)c3)C2)s1. The molecule has 7 heteroatoms. The molecule has 1 aliphatic heterocycles. The van der Waals surface area contributed by atoms with Crippen LogP contribution in [0.1, 0.15) is 11.4 Å². The predicted molar refractivity (Wildman–Crippen MR) is 80.3 cm³/mol. The Balaban J connectivity index is 1.65. The maximum absolute atomic E-state index is 13.2. The lowest BCUT2D eigenvalue weighted by Gasteiger charge is -2.19. The summed E-state index contributed by atoms with van der Waals surface area (Å²) < 4.78 is 13.2. The van der Waals surface area contributed by atoms with E-state index >= 15 is 0 Å². The summed E-state index contributed by atoms with van der Waals surface area (Å²) in [6.45, 7) is 3.70. The van der Waals surface area contributed by atoms with Crippen molar-refractivity contribution < 1.29 is 4.39 Å². The molecule has 1 fully saturated rings. The third kappa shape index (κ3) is 2.86.